The molecular formula is C35H32N4O4. The van der Waals surface area contributed by atoms with Gasteiger partial charge in [0.2, 0.25) is 0 Å². The van der Waals surface area contributed by atoms with Gasteiger partial charge in [0.15, 0.2) is 0 Å². The van der Waals surface area contributed by atoms with Crippen LogP contribution in [0.25, 0.3) is 0 Å². The third-order valence-electron chi connectivity index (χ3n) is 6.59. The van der Waals surface area contributed by atoms with Gasteiger partial charge in [-0.1, -0.05) is 36.4 Å². The average Bonchev–Trinajstić information content (AvgIpc) is 3.06. The minimum absolute atomic E-state index is 0.222. The van der Waals surface area contributed by atoms with Crippen LogP contribution in [0.5, 0.6) is 11.5 Å². The highest BCUT2D eigenvalue weighted by molar-refractivity contribution is 5.95. The molecule has 4 aromatic carbocycles. The zero-order valence-electron chi connectivity index (χ0n) is 23.7. The number of amides is 2. The lowest BCUT2D eigenvalue weighted by atomic mass is 10.1. The summed E-state index contributed by atoms with van der Waals surface area (Å²) >= 11 is 0. The third kappa shape index (κ3) is 9.77. The van der Waals surface area contributed by atoms with Crippen LogP contribution in [0.4, 0.5) is 0 Å². The molecule has 0 aliphatic rings. The van der Waals surface area contributed by atoms with E-state index in [2.05, 4.69) is 10.6 Å². The van der Waals surface area contributed by atoms with Gasteiger partial charge in [0.25, 0.3) is 11.8 Å². The molecule has 0 aliphatic carbocycles. The molecule has 8 heteroatoms. The summed E-state index contributed by atoms with van der Waals surface area (Å²) in [6.45, 7) is 1.97. The molecule has 0 radical (unpaired) electrons. The minimum atomic E-state index is -0.222. The Labute approximate surface area is 251 Å². The molecule has 0 saturated heterocycles. The Bertz CT molecular complexity index is 1480. The van der Waals surface area contributed by atoms with Gasteiger partial charge in [-0.25, -0.2) is 0 Å². The number of hydrogen-bond acceptors (Lipinski definition) is 6. The molecule has 0 aliphatic heterocycles. The Kier molecular flexibility index (Phi) is 11.3. The predicted molar refractivity (Wildman–Crippen MR) is 162 cm³/mol. The Balaban J connectivity index is 1.06. The predicted octanol–water partition coefficient (Wildman–Crippen LogP) is 5.92. The van der Waals surface area contributed by atoms with Gasteiger partial charge in [0.1, 0.15) is 11.5 Å². The number of benzene rings is 4. The molecule has 0 atom stereocenters. The van der Waals surface area contributed by atoms with Crippen LogP contribution in [0.1, 0.15) is 62.2 Å². The van der Waals surface area contributed by atoms with E-state index in [4.69, 9.17) is 20.0 Å². The lowest BCUT2D eigenvalue weighted by Gasteiger charge is -2.10. The highest BCUT2D eigenvalue weighted by Crippen LogP contribution is 2.15. The van der Waals surface area contributed by atoms with Gasteiger partial charge < -0.3 is 20.1 Å². The number of unbranched alkanes of at least 4 members (excludes halogenated alkanes) is 2. The normalized spacial score (nSPS) is 10.2. The first-order chi connectivity index (χ1) is 21.0. The summed E-state index contributed by atoms with van der Waals surface area (Å²) in [6.07, 6.45) is 2.77. The van der Waals surface area contributed by atoms with Gasteiger partial charge in [-0.2, -0.15) is 10.5 Å². The van der Waals surface area contributed by atoms with Crippen LogP contribution in [0.3, 0.4) is 0 Å². The zero-order valence-corrected chi connectivity index (χ0v) is 23.7. The first kappa shape index (κ1) is 30.4. The van der Waals surface area contributed by atoms with E-state index < -0.39 is 0 Å². The van der Waals surface area contributed by atoms with Crippen molar-refractivity contribution in [3.63, 3.8) is 0 Å². The summed E-state index contributed by atoms with van der Waals surface area (Å²) in [5.74, 6) is 1.11. The minimum Gasteiger partial charge on any atom is -0.494 e. The lowest BCUT2D eigenvalue weighted by Crippen LogP contribution is -2.22. The molecule has 8 nitrogen and oxygen atoms in total. The molecule has 43 heavy (non-hydrogen) atoms. The van der Waals surface area contributed by atoms with E-state index >= 15 is 0 Å². The summed E-state index contributed by atoms with van der Waals surface area (Å²) in [5.41, 5.74) is 3.73. The summed E-state index contributed by atoms with van der Waals surface area (Å²) in [4.78, 5) is 24.6. The first-order valence-electron chi connectivity index (χ1n) is 14.0. The molecule has 0 fully saturated rings. The van der Waals surface area contributed by atoms with E-state index in [-0.39, 0.29) is 11.8 Å². The van der Waals surface area contributed by atoms with Crippen LogP contribution in [-0.4, -0.2) is 25.0 Å². The molecular weight excluding hydrogens is 540 g/mol. The van der Waals surface area contributed by atoms with Gasteiger partial charge in [-0.05, 0) is 91.1 Å². The van der Waals surface area contributed by atoms with Gasteiger partial charge >= 0.3 is 0 Å². The van der Waals surface area contributed by atoms with Crippen molar-refractivity contribution in [2.45, 2.75) is 32.4 Å². The largest absolute Gasteiger partial charge is 0.494 e. The number of hydrogen-bond donors (Lipinski definition) is 2. The topological polar surface area (TPSA) is 124 Å². The smallest absolute Gasteiger partial charge is 0.251 e. The van der Waals surface area contributed by atoms with E-state index in [1.165, 1.54) is 0 Å². The van der Waals surface area contributed by atoms with Crippen molar-refractivity contribution in [2.75, 3.05) is 13.2 Å². The molecule has 216 valence electrons. The third-order valence-corrected chi connectivity index (χ3v) is 6.59. The monoisotopic (exact) mass is 572 g/mol. The second kappa shape index (κ2) is 16.0. The lowest BCUT2D eigenvalue weighted by molar-refractivity contribution is 0.0943. The van der Waals surface area contributed by atoms with Crippen LogP contribution < -0.4 is 20.1 Å². The van der Waals surface area contributed by atoms with Crippen LogP contribution in [0.2, 0.25) is 0 Å². The molecule has 0 spiro atoms. The van der Waals surface area contributed by atoms with Crippen LogP contribution in [0.15, 0.2) is 97.1 Å². The van der Waals surface area contributed by atoms with E-state index in [0.717, 1.165) is 41.9 Å². The maximum Gasteiger partial charge on any atom is 0.251 e. The zero-order chi connectivity index (χ0) is 30.3. The fourth-order valence-corrected chi connectivity index (χ4v) is 4.20. The quantitative estimate of drug-likeness (QED) is 0.181. The first-order valence-corrected chi connectivity index (χ1v) is 14.0. The second-order valence-electron chi connectivity index (χ2n) is 9.80. The SMILES string of the molecule is N#Cc1cccc(C(=O)NCc2ccc(OCCCCCOc3ccc(CNC(=O)c4cccc(C#N)c4)cc3)cc2)c1. The highest BCUT2D eigenvalue weighted by atomic mass is 16.5. The fourth-order valence-electron chi connectivity index (χ4n) is 4.20. The number of carbonyl (C=O) groups is 2. The van der Waals surface area contributed by atoms with Crippen molar-refractivity contribution in [2.24, 2.45) is 0 Å². The number of nitriles is 2. The van der Waals surface area contributed by atoms with Crippen LogP contribution in [-0.2, 0) is 13.1 Å². The van der Waals surface area contributed by atoms with Gasteiger partial charge in [0.05, 0.1) is 36.5 Å². The van der Waals surface area contributed by atoms with E-state index in [0.29, 0.717) is 48.6 Å². The molecule has 0 aromatic heterocycles. The fraction of sp³-hybridized carbons (Fsp3) is 0.200. The van der Waals surface area contributed by atoms with E-state index in [1.54, 1.807) is 48.5 Å². The summed E-state index contributed by atoms with van der Waals surface area (Å²) in [6, 6.07) is 32.5. The van der Waals surface area contributed by atoms with Gasteiger partial charge in [-0.3, -0.25) is 9.59 Å². The van der Waals surface area contributed by atoms with Crippen molar-refractivity contribution < 1.29 is 19.1 Å². The number of ether oxygens (including phenoxy) is 2. The van der Waals surface area contributed by atoms with Crippen molar-refractivity contribution in [3.05, 3.63) is 130 Å². The number of nitrogens with one attached hydrogen (secondary N) is 2. The standard InChI is InChI=1S/C35H32N4O4/c36-22-28-6-4-8-30(20-28)34(40)38-24-26-10-14-32(15-11-26)42-18-2-1-3-19-43-33-16-12-27(13-17-33)25-39-35(41)31-9-5-7-29(21-31)23-37/h4-17,20-21H,1-3,18-19,24-25H2,(H,38,40)(H,39,41). The molecule has 0 unspecified atom stereocenters. The molecule has 0 bridgehead atoms. The van der Waals surface area contributed by atoms with Crippen molar-refractivity contribution in [1.29, 1.82) is 10.5 Å². The summed E-state index contributed by atoms with van der Waals surface area (Å²) in [7, 11) is 0. The Morgan fingerprint density at radius 3 is 1.40 bits per heavy atom. The van der Waals surface area contributed by atoms with Crippen LogP contribution in [0, 0.1) is 22.7 Å². The van der Waals surface area contributed by atoms with Crippen molar-refractivity contribution >= 4 is 11.8 Å². The second-order valence-corrected chi connectivity index (χ2v) is 9.80. The molecule has 4 rings (SSSR count). The summed E-state index contributed by atoms with van der Waals surface area (Å²) < 4.78 is 11.7. The van der Waals surface area contributed by atoms with E-state index in [9.17, 15) is 9.59 Å². The van der Waals surface area contributed by atoms with E-state index in [1.807, 2.05) is 60.7 Å². The van der Waals surface area contributed by atoms with Crippen molar-refractivity contribution in [1.82, 2.24) is 10.6 Å². The maximum absolute atomic E-state index is 12.3. The molecule has 2 N–H and O–H groups in total. The van der Waals surface area contributed by atoms with Gasteiger partial charge in [-0.15, -0.1) is 0 Å². The highest BCUT2D eigenvalue weighted by Gasteiger charge is 2.08. The number of carbonyl (C=O) groups excluding carboxylic acids is 2. The summed E-state index contributed by atoms with van der Waals surface area (Å²) in [5, 5.41) is 23.7. The molecule has 4 aromatic rings. The Morgan fingerprint density at radius 1 is 0.581 bits per heavy atom. The number of rotatable bonds is 14. The Hall–Kier alpha value is -5.60. The molecule has 0 heterocycles. The number of nitrogens with zero attached hydrogens (tertiary/aromatic N) is 2. The van der Waals surface area contributed by atoms with Crippen molar-refractivity contribution in [3.8, 4) is 23.6 Å². The molecule has 2 amide bonds. The molecule has 0 saturated carbocycles. The maximum atomic E-state index is 12.3. The van der Waals surface area contributed by atoms with Crippen LogP contribution >= 0.6 is 0 Å². The Morgan fingerprint density at radius 2 is 1.00 bits per heavy atom. The van der Waals surface area contributed by atoms with Gasteiger partial charge in [0, 0.05) is 24.2 Å². The average molecular weight is 573 g/mol.